The molecule has 0 amide bonds. The molecule has 0 saturated heterocycles. The van der Waals surface area contributed by atoms with E-state index in [4.69, 9.17) is 9.72 Å². The molecule has 0 aliphatic carbocycles. The standard InChI is InChI=1S/C23H18BrNO2/c1-2-27-22(26)14-17-13-21(16-7-5-8-18(24)12-16)25-20-11-10-15-6-3-4-9-19(15)23(17)20/h3-13H,2,14H2,1H3. The summed E-state index contributed by atoms with van der Waals surface area (Å²) in [6, 6.07) is 22.3. The Morgan fingerprint density at radius 1 is 1.04 bits per heavy atom. The molecule has 0 saturated carbocycles. The molecule has 0 radical (unpaired) electrons. The topological polar surface area (TPSA) is 39.2 Å². The van der Waals surface area contributed by atoms with Gasteiger partial charge in [-0.3, -0.25) is 4.79 Å². The van der Waals surface area contributed by atoms with Crippen molar-refractivity contribution >= 4 is 43.6 Å². The summed E-state index contributed by atoms with van der Waals surface area (Å²) in [7, 11) is 0. The summed E-state index contributed by atoms with van der Waals surface area (Å²) in [6.45, 7) is 2.20. The summed E-state index contributed by atoms with van der Waals surface area (Å²) in [5.74, 6) is -0.224. The van der Waals surface area contributed by atoms with Gasteiger partial charge < -0.3 is 4.74 Å². The third kappa shape index (κ3) is 3.58. The molecule has 0 bridgehead atoms. The van der Waals surface area contributed by atoms with Crippen molar-refractivity contribution in [3.63, 3.8) is 0 Å². The highest BCUT2D eigenvalue weighted by Crippen LogP contribution is 2.32. The number of pyridine rings is 1. The smallest absolute Gasteiger partial charge is 0.310 e. The summed E-state index contributed by atoms with van der Waals surface area (Å²) in [5, 5.41) is 3.25. The van der Waals surface area contributed by atoms with Crippen LogP contribution < -0.4 is 0 Å². The maximum absolute atomic E-state index is 12.2. The number of ether oxygens (including phenoxy) is 1. The summed E-state index contributed by atoms with van der Waals surface area (Å²) in [6.07, 6.45) is 0.224. The van der Waals surface area contributed by atoms with E-state index in [1.165, 1.54) is 0 Å². The van der Waals surface area contributed by atoms with Gasteiger partial charge in [-0.25, -0.2) is 4.98 Å². The van der Waals surface area contributed by atoms with E-state index in [9.17, 15) is 4.79 Å². The van der Waals surface area contributed by atoms with Gasteiger partial charge in [-0.15, -0.1) is 0 Å². The first-order valence-electron chi connectivity index (χ1n) is 8.88. The van der Waals surface area contributed by atoms with E-state index in [1.54, 1.807) is 0 Å². The first-order valence-corrected chi connectivity index (χ1v) is 9.68. The molecule has 0 atom stereocenters. The fourth-order valence-electron chi connectivity index (χ4n) is 3.39. The van der Waals surface area contributed by atoms with Crippen LogP contribution in [0.25, 0.3) is 32.9 Å². The van der Waals surface area contributed by atoms with Crippen LogP contribution in [0.1, 0.15) is 12.5 Å². The molecule has 4 heteroatoms. The molecule has 3 aromatic carbocycles. The van der Waals surface area contributed by atoms with E-state index < -0.39 is 0 Å². The average Bonchev–Trinajstić information content (AvgIpc) is 2.67. The zero-order chi connectivity index (χ0) is 18.8. The third-order valence-electron chi connectivity index (χ3n) is 4.54. The number of hydrogen-bond acceptors (Lipinski definition) is 3. The molecule has 0 spiro atoms. The Labute approximate surface area is 166 Å². The zero-order valence-corrected chi connectivity index (χ0v) is 16.5. The van der Waals surface area contributed by atoms with Crippen LogP contribution in [0.15, 0.2) is 71.2 Å². The van der Waals surface area contributed by atoms with Crippen molar-refractivity contribution in [2.24, 2.45) is 0 Å². The lowest BCUT2D eigenvalue weighted by molar-refractivity contribution is -0.142. The fraction of sp³-hybridized carbons (Fsp3) is 0.130. The van der Waals surface area contributed by atoms with Crippen molar-refractivity contribution in [3.05, 3.63) is 76.8 Å². The number of nitrogens with zero attached hydrogens (tertiary/aromatic N) is 1. The van der Waals surface area contributed by atoms with Gasteiger partial charge in [-0.05, 0) is 47.5 Å². The van der Waals surface area contributed by atoms with Crippen LogP contribution in [0.4, 0.5) is 0 Å². The lowest BCUT2D eigenvalue weighted by atomic mass is 9.97. The first-order chi connectivity index (χ1) is 13.2. The highest BCUT2D eigenvalue weighted by atomic mass is 79.9. The summed E-state index contributed by atoms with van der Waals surface area (Å²) >= 11 is 3.52. The molecule has 4 aromatic rings. The van der Waals surface area contributed by atoms with Crippen LogP contribution in [0.5, 0.6) is 0 Å². The Hall–Kier alpha value is -2.72. The lowest BCUT2D eigenvalue weighted by Gasteiger charge is -2.12. The van der Waals surface area contributed by atoms with Crippen molar-refractivity contribution < 1.29 is 9.53 Å². The molecule has 0 aliphatic heterocycles. The highest BCUT2D eigenvalue weighted by molar-refractivity contribution is 9.10. The number of esters is 1. The molecular formula is C23H18BrNO2. The van der Waals surface area contributed by atoms with Gasteiger partial charge in [0.25, 0.3) is 0 Å². The Kier molecular flexibility index (Phi) is 4.90. The maximum atomic E-state index is 12.2. The van der Waals surface area contributed by atoms with Crippen LogP contribution in [-0.2, 0) is 16.0 Å². The maximum Gasteiger partial charge on any atom is 0.310 e. The van der Waals surface area contributed by atoms with Gasteiger partial charge in [-0.1, -0.05) is 58.4 Å². The molecule has 0 N–H and O–H groups in total. The Bertz CT molecular complexity index is 1150. The van der Waals surface area contributed by atoms with Crippen molar-refractivity contribution in [2.45, 2.75) is 13.3 Å². The normalized spacial score (nSPS) is 11.0. The minimum absolute atomic E-state index is 0.224. The van der Waals surface area contributed by atoms with Crippen LogP contribution in [-0.4, -0.2) is 17.6 Å². The lowest BCUT2D eigenvalue weighted by Crippen LogP contribution is -2.08. The molecule has 0 fully saturated rings. The predicted octanol–water partition coefficient (Wildman–Crippen LogP) is 5.92. The second kappa shape index (κ2) is 7.49. The molecule has 3 nitrogen and oxygen atoms in total. The van der Waals surface area contributed by atoms with E-state index >= 15 is 0 Å². The van der Waals surface area contributed by atoms with Crippen LogP contribution in [0.2, 0.25) is 0 Å². The van der Waals surface area contributed by atoms with Crippen LogP contribution in [0.3, 0.4) is 0 Å². The minimum atomic E-state index is -0.224. The summed E-state index contributed by atoms with van der Waals surface area (Å²) in [5.41, 5.74) is 3.67. The monoisotopic (exact) mass is 419 g/mol. The van der Waals surface area contributed by atoms with Crippen molar-refractivity contribution in [2.75, 3.05) is 6.61 Å². The molecule has 0 aliphatic rings. The molecular weight excluding hydrogens is 402 g/mol. The average molecular weight is 420 g/mol. The number of fused-ring (bicyclic) bond motifs is 3. The molecule has 1 aromatic heterocycles. The van der Waals surface area contributed by atoms with Crippen LogP contribution >= 0.6 is 15.9 Å². The molecule has 27 heavy (non-hydrogen) atoms. The van der Waals surface area contributed by atoms with Gasteiger partial charge >= 0.3 is 5.97 Å². The van der Waals surface area contributed by atoms with E-state index in [-0.39, 0.29) is 12.4 Å². The fourth-order valence-corrected chi connectivity index (χ4v) is 3.79. The van der Waals surface area contributed by atoms with Crippen molar-refractivity contribution in [1.29, 1.82) is 0 Å². The summed E-state index contributed by atoms with van der Waals surface area (Å²) in [4.78, 5) is 17.1. The summed E-state index contributed by atoms with van der Waals surface area (Å²) < 4.78 is 6.20. The van der Waals surface area contributed by atoms with Crippen molar-refractivity contribution in [1.82, 2.24) is 4.98 Å². The van der Waals surface area contributed by atoms with Crippen molar-refractivity contribution in [3.8, 4) is 11.3 Å². The number of rotatable bonds is 4. The number of halogens is 1. The second-order valence-corrected chi connectivity index (χ2v) is 7.26. The van der Waals surface area contributed by atoms with Gasteiger partial charge in [-0.2, -0.15) is 0 Å². The Balaban J connectivity index is 1.98. The molecule has 4 rings (SSSR count). The van der Waals surface area contributed by atoms with E-state index in [2.05, 4.69) is 34.1 Å². The SMILES string of the molecule is CCOC(=O)Cc1cc(-c2cccc(Br)c2)nc2ccc3ccccc3c12. The van der Waals surface area contributed by atoms with Gasteiger partial charge in [0.15, 0.2) is 0 Å². The Morgan fingerprint density at radius 2 is 1.89 bits per heavy atom. The molecule has 1 heterocycles. The molecule has 134 valence electrons. The first kappa shape index (κ1) is 17.7. The molecule has 0 unspecified atom stereocenters. The second-order valence-electron chi connectivity index (χ2n) is 6.34. The van der Waals surface area contributed by atoms with Gasteiger partial charge in [0.05, 0.1) is 24.2 Å². The predicted molar refractivity (Wildman–Crippen MR) is 113 cm³/mol. The Morgan fingerprint density at radius 3 is 2.70 bits per heavy atom. The number of aromatic nitrogens is 1. The largest absolute Gasteiger partial charge is 0.466 e. The van der Waals surface area contributed by atoms with Gasteiger partial charge in [0.1, 0.15) is 0 Å². The zero-order valence-electron chi connectivity index (χ0n) is 14.9. The van der Waals surface area contributed by atoms with E-state index in [1.807, 2.05) is 55.5 Å². The van der Waals surface area contributed by atoms with Crippen LogP contribution in [0, 0.1) is 0 Å². The number of carbonyl (C=O) groups excluding carboxylic acids is 1. The highest BCUT2D eigenvalue weighted by Gasteiger charge is 2.14. The third-order valence-corrected chi connectivity index (χ3v) is 5.03. The number of benzene rings is 3. The number of carbonyl (C=O) groups is 1. The minimum Gasteiger partial charge on any atom is -0.466 e. The van der Waals surface area contributed by atoms with E-state index in [0.29, 0.717) is 6.61 Å². The van der Waals surface area contributed by atoms with Gasteiger partial charge in [0, 0.05) is 15.4 Å². The van der Waals surface area contributed by atoms with Gasteiger partial charge in [0.2, 0.25) is 0 Å². The van der Waals surface area contributed by atoms with E-state index in [0.717, 1.165) is 43.0 Å². The number of hydrogen-bond donors (Lipinski definition) is 0. The quantitative estimate of drug-likeness (QED) is 0.304.